The molecule has 4 atom stereocenters. The van der Waals surface area contributed by atoms with E-state index in [0.29, 0.717) is 11.4 Å². The van der Waals surface area contributed by atoms with E-state index in [2.05, 4.69) is 0 Å². The number of carbonyl (C=O) groups is 2. The molecule has 2 bridgehead atoms. The van der Waals surface area contributed by atoms with E-state index in [-0.39, 0.29) is 19.5 Å². The van der Waals surface area contributed by atoms with Gasteiger partial charge in [0.15, 0.2) is 13.1 Å². The average molecular weight is 312 g/mol. The summed E-state index contributed by atoms with van der Waals surface area (Å²) >= 11 is 0. The number of quaternary nitrogens is 1. The van der Waals surface area contributed by atoms with Crippen LogP contribution in [0, 0.1) is 26.1 Å². The maximum atomic E-state index is 12.3. The fraction of sp³-hybridized carbons (Fsp3) is 0.692. The fourth-order valence-corrected chi connectivity index (χ4v) is 3.72. The Labute approximate surface area is 126 Å². The molecule has 22 heavy (non-hydrogen) atoms. The second-order valence-electron chi connectivity index (χ2n) is 6.04. The van der Waals surface area contributed by atoms with Crippen LogP contribution in [-0.4, -0.2) is 52.1 Å². The summed E-state index contributed by atoms with van der Waals surface area (Å²) in [6.45, 7) is 3.32. The fourth-order valence-electron chi connectivity index (χ4n) is 3.72. The number of nitrogens with zero attached hydrogens (tertiary/aromatic N) is 2. The molecule has 1 unspecified atom stereocenters. The van der Waals surface area contributed by atoms with Crippen molar-refractivity contribution >= 4 is 11.6 Å². The van der Waals surface area contributed by atoms with E-state index < -0.39 is 38.4 Å². The number of nitro groups is 2. The second-order valence-corrected chi connectivity index (χ2v) is 6.04. The zero-order valence-electron chi connectivity index (χ0n) is 12.4. The number of hydrogen-bond acceptors (Lipinski definition) is 6. The van der Waals surface area contributed by atoms with E-state index in [0.717, 1.165) is 12.2 Å². The average Bonchev–Trinajstić information content (AvgIpc) is 2.42. The van der Waals surface area contributed by atoms with Gasteiger partial charge in [-0.3, -0.25) is 25.0 Å². The Morgan fingerprint density at radius 1 is 1.36 bits per heavy atom. The van der Waals surface area contributed by atoms with Crippen LogP contribution in [0.3, 0.4) is 0 Å². The van der Waals surface area contributed by atoms with E-state index >= 15 is 0 Å². The molecule has 0 amide bonds. The van der Waals surface area contributed by atoms with Gasteiger partial charge in [-0.05, 0) is 19.9 Å². The van der Waals surface area contributed by atoms with Crippen molar-refractivity contribution in [1.29, 1.82) is 0 Å². The Morgan fingerprint density at radius 2 is 2.00 bits per heavy atom. The second kappa shape index (κ2) is 5.24. The van der Waals surface area contributed by atoms with Crippen LogP contribution in [0.2, 0.25) is 0 Å². The molecule has 0 radical (unpaired) electrons. The van der Waals surface area contributed by atoms with Crippen LogP contribution < -0.4 is 4.90 Å². The zero-order valence-corrected chi connectivity index (χ0v) is 12.4. The van der Waals surface area contributed by atoms with E-state index in [1.807, 2.05) is 0 Å². The van der Waals surface area contributed by atoms with Gasteiger partial charge in [-0.15, -0.1) is 0 Å². The standard InChI is InChI=1S/C13H17N3O6/c1-3-14-7-12(15(19)20)5-4-11(18)13(8-14,16(21)22)10(12)6-9(2)17/h4-5,10H,3,6-8H2,1-2H3/p+1/t10-,12+,13-/m1/s1. The summed E-state index contributed by atoms with van der Waals surface area (Å²) < 4.78 is 0. The molecule has 1 aliphatic carbocycles. The molecule has 0 aromatic carbocycles. The number of likely N-dealkylation sites (N-methyl/N-ethyl adjacent to an activating group) is 1. The molecule has 1 saturated heterocycles. The van der Waals surface area contributed by atoms with Gasteiger partial charge < -0.3 is 9.69 Å². The number of Topliss-reactive ketones (excluding diaryl/α,β-unsaturated/α-hetero) is 1. The topological polar surface area (TPSA) is 125 Å². The maximum absolute atomic E-state index is 12.3. The quantitative estimate of drug-likeness (QED) is 0.495. The van der Waals surface area contributed by atoms with Crippen molar-refractivity contribution < 1.29 is 24.3 Å². The molecule has 9 heteroatoms. The number of rotatable bonds is 5. The lowest BCUT2D eigenvalue weighted by Gasteiger charge is -2.45. The third kappa shape index (κ3) is 2.04. The van der Waals surface area contributed by atoms with Gasteiger partial charge in [0.2, 0.25) is 5.78 Å². The minimum atomic E-state index is -2.10. The number of likely N-dealkylation sites (tertiary alicyclic amines) is 1. The normalized spacial score (nSPS) is 36.9. The van der Waals surface area contributed by atoms with Gasteiger partial charge in [0, 0.05) is 22.3 Å². The molecule has 1 N–H and O–H groups in total. The molecular weight excluding hydrogens is 294 g/mol. The van der Waals surface area contributed by atoms with Gasteiger partial charge in [0.05, 0.1) is 6.54 Å². The molecule has 1 heterocycles. The van der Waals surface area contributed by atoms with Crippen molar-refractivity contribution in [1.82, 2.24) is 0 Å². The number of piperidine rings is 1. The Balaban J connectivity index is 2.71. The van der Waals surface area contributed by atoms with Crippen molar-refractivity contribution in [3.63, 3.8) is 0 Å². The minimum Gasteiger partial charge on any atom is -0.322 e. The lowest BCUT2D eigenvalue weighted by Crippen LogP contribution is -3.19. The van der Waals surface area contributed by atoms with Gasteiger partial charge in [0.25, 0.3) is 5.54 Å². The summed E-state index contributed by atoms with van der Waals surface area (Å²) in [5.41, 5.74) is -3.85. The van der Waals surface area contributed by atoms with Crippen LogP contribution in [0.15, 0.2) is 12.2 Å². The van der Waals surface area contributed by atoms with Gasteiger partial charge in [-0.1, -0.05) is 0 Å². The molecule has 9 nitrogen and oxygen atoms in total. The van der Waals surface area contributed by atoms with Crippen molar-refractivity contribution in [2.24, 2.45) is 5.92 Å². The molecule has 120 valence electrons. The molecule has 0 aromatic heterocycles. The van der Waals surface area contributed by atoms with Crippen molar-refractivity contribution in [2.75, 3.05) is 19.6 Å². The number of carbonyl (C=O) groups excluding carboxylic acids is 2. The Bertz CT molecular complexity index is 588. The molecule has 1 aliphatic heterocycles. The van der Waals surface area contributed by atoms with E-state index in [1.165, 1.54) is 6.92 Å². The summed E-state index contributed by atoms with van der Waals surface area (Å²) in [6.07, 6.45) is 1.75. The molecule has 0 spiro atoms. The van der Waals surface area contributed by atoms with Gasteiger partial charge in [-0.25, -0.2) is 0 Å². The highest BCUT2D eigenvalue weighted by atomic mass is 16.6. The smallest absolute Gasteiger partial charge is 0.322 e. The summed E-state index contributed by atoms with van der Waals surface area (Å²) in [5, 5.41) is 23.4. The predicted molar refractivity (Wildman–Crippen MR) is 73.6 cm³/mol. The van der Waals surface area contributed by atoms with E-state index in [9.17, 15) is 29.8 Å². The first-order valence-electron chi connectivity index (χ1n) is 7.06. The van der Waals surface area contributed by atoms with Gasteiger partial charge in [0.1, 0.15) is 11.7 Å². The molecule has 0 saturated carbocycles. The van der Waals surface area contributed by atoms with Crippen LogP contribution in [0.25, 0.3) is 0 Å². The maximum Gasteiger partial charge on any atom is 0.340 e. The molecule has 0 aromatic rings. The summed E-state index contributed by atoms with van der Waals surface area (Å²) in [4.78, 5) is 46.6. The van der Waals surface area contributed by atoms with Crippen molar-refractivity contribution in [3.8, 4) is 0 Å². The highest BCUT2D eigenvalue weighted by molar-refractivity contribution is 5.99. The lowest BCUT2D eigenvalue weighted by molar-refractivity contribution is -0.942. The molecule has 2 aliphatic rings. The number of ketones is 2. The Kier molecular flexibility index (Phi) is 3.86. The van der Waals surface area contributed by atoms with Crippen LogP contribution in [0.4, 0.5) is 0 Å². The summed E-state index contributed by atoms with van der Waals surface area (Å²) in [7, 11) is 0. The van der Waals surface area contributed by atoms with E-state index in [1.54, 1.807) is 6.92 Å². The van der Waals surface area contributed by atoms with Crippen LogP contribution in [0.5, 0.6) is 0 Å². The predicted octanol–water partition coefficient (Wildman–Crippen LogP) is -1.33. The highest BCUT2D eigenvalue weighted by Gasteiger charge is 2.76. The summed E-state index contributed by atoms with van der Waals surface area (Å²) in [6, 6.07) is 0. The van der Waals surface area contributed by atoms with Crippen LogP contribution in [-0.2, 0) is 9.59 Å². The first-order chi connectivity index (χ1) is 10.2. The highest BCUT2D eigenvalue weighted by Crippen LogP contribution is 2.42. The van der Waals surface area contributed by atoms with Crippen molar-refractivity contribution in [2.45, 2.75) is 31.3 Å². The number of nitrogens with one attached hydrogen (secondary N) is 1. The molecular formula is C13H18N3O6+. The number of hydrogen-bond donors (Lipinski definition) is 1. The first kappa shape index (κ1) is 16.2. The van der Waals surface area contributed by atoms with Crippen molar-refractivity contribution in [3.05, 3.63) is 32.4 Å². The lowest BCUT2D eigenvalue weighted by atomic mass is 9.61. The Morgan fingerprint density at radius 3 is 2.45 bits per heavy atom. The third-order valence-electron chi connectivity index (χ3n) is 4.84. The first-order valence-corrected chi connectivity index (χ1v) is 7.06. The third-order valence-corrected chi connectivity index (χ3v) is 4.84. The zero-order chi connectivity index (χ0) is 16.7. The Hall–Kier alpha value is -2.16. The van der Waals surface area contributed by atoms with Gasteiger partial charge in [-0.2, -0.15) is 0 Å². The SMILES string of the molecule is CC[NH+]1C[C@@]2([N+](=O)[O-])C=CC(=O)[C@@]([N+](=O)[O-])(C1)[C@@H]2CC(C)=O. The summed E-state index contributed by atoms with van der Waals surface area (Å²) in [5.74, 6) is -2.41. The number of fused-ring (bicyclic) bond motifs is 2. The van der Waals surface area contributed by atoms with E-state index in [4.69, 9.17) is 0 Å². The largest absolute Gasteiger partial charge is 0.340 e. The molecule has 2 rings (SSSR count). The molecule has 1 fully saturated rings. The van der Waals surface area contributed by atoms with Crippen LogP contribution >= 0.6 is 0 Å². The monoisotopic (exact) mass is 312 g/mol. The van der Waals surface area contributed by atoms with Gasteiger partial charge >= 0.3 is 5.54 Å². The minimum absolute atomic E-state index is 0.0355. The van der Waals surface area contributed by atoms with Crippen LogP contribution in [0.1, 0.15) is 20.3 Å².